The number of hydrogen-bond acceptors (Lipinski definition) is 5. The monoisotopic (exact) mass is 375 g/mol. The fourth-order valence-electron chi connectivity index (χ4n) is 4.51. The lowest BCUT2D eigenvalue weighted by Gasteiger charge is -2.38. The zero-order valence-corrected chi connectivity index (χ0v) is 15.8. The minimum Gasteiger partial charge on any atom is -0.484 e. The molecule has 6 nitrogen and oxygen atoms in total. The molecule has 0 amide bonds. The van der Waals surface area contributed by atoms with Crippen LogP contribution in [-0.4, -0.2) is 44.8 Å². The van der Waals surface area contributed by atoms with Gasteiger partial charge in [-0.05, 0) is 61.2 Å². The standard InChI is InChI=1S/C22H25N5O/c23-17-5-3-11-26(13-17)21-12-16-4-1-2-6-20(16)22(21)28-19-9-7-18(8-10-19)27-15-24-14-25-27/h1-2,4,6-10,14-15,17,21-22H,3,5,11-13,23H2/t17-,21?,22?/m0/s1. The molecule has 28 heavy (non-hydrogen) atoms. The molecule has 1 aliphatic heterocycles. The lowest BCUT2D eigenvalue weighted by atomic mass is 10.0. The van der Waals surface area contributed by atoms with Crippen LogP contribution in [0.1, 0.15) is 30.1 Å². The van der Waals surface area contributed by atoms with E-state index in [-0.39, 0.29) is 12.1 Å². The molecule has 3 aromatic rings. The zero-order chi connectivity index (χ0) is 18.9. The Hall–Kier alpha value is -2.70. The van der Waals surface area contributed by atoms with Gasteiger partial charge >= 0.3 is 0 Å². The van der Waals surface area contributed by atoms with Crippen LogP contribution >= 0.6 is 0 Å². The van der Waals surface area contributed by atoms with Crippen molar-refractivity contribution in [2.45, 2.75) is 37.5 Å². The molecular formula is C22H25N5O. The molecule has 1 aromatic heterocycles. The predicted octanol–water partition coefficient (Wildman–Crippen LogP) is 2.74. The minimum atomic E-state index is 0.0266. The average molecular weight is 375 g/mol. The highest BCUT2D eigenvalue weighted by atomic mass is 16.5. The highest BCUT2D eigenvalue weighted by molar-refractivity contribution is 5.40. The van der Waals surface area contributed by atoms with Gasteiger partial charge in [-0.25, -0.2) is 9.67 Å². The second-order valence-electron chi connectivity index (χ2n) is 7.74. The quantitative estimate of drug-likeness (QED) is 0.759. The van der Waals surface area contributed by atoms with Gasteiger partial charge < -0.3 is 10.5 Å². The number of aromatic nitrogens is 3. The molecule has 3 atom stereocenters. The molecule has 2 unspecified atom stereocenters. The van der Waals surface area contributed by atoms with Crippen LogP contribution < -0.4 is 10.5 Å². The highest BCUT2D eigenvalue weighted by Crippen LogP contribution is 2.38. The molecular weight excluding hydrogens is 350 g/mol. The topological polar surface area (TPSA) is 69.2 Å². The van der Waals surface area contributed by atoms with E-state index in [0.29, 0.717) is 6.04 Å². The fourth-order valence-corrected chi connectivity index (χ4v) is 4.51. The molecule has 1 fully saturated rings. The second kappa shape index (κ2) is 7.37. The molecule has 144 valence electrons. The third-order valence-corrected chi connectivity index (χ3v) is 5.88. The van der Waals surface area contributed by atoms with E-state index in [4.69, 9.17) is 10.5 Å². The largest absolute Gasteiger partial charge is 0.484 e. The molecule has 2 aliphatic rings. The van der Waals surface area contributed by atoms with Crippen LogP contribution in [0.3, 0.4) is 0 Å². The minimum absolute atomic E-state index is 0.0266. The lowest BCUT2D eigenvalue weighted by molar-refractivity contribution is 0.0593. The summed E-state index contributed by atoms with van der Waals surface area (Å²) in [6, 6.07) is 17.3. The lowest BCUT2D eigenvalue weighted by Crippen LogP contribution is -2.49. The Morgan fingerprint density at radius 1 is 1.07 bits per heavy atom. The van der Waals surface area contributed by atoms with E-state index in [1.807, 2.05) is 24.3 Å². The van der Waals surface area contributed by atoms with Gasteiger partial charge in [0.1, 0.15) is 24.5 Å². The summed E-state index contributed by atoms with van der Waals surface area (Å²) in [4.78, 5) is 6.53. The summed E-state index contributed by atoms with van der Waals surface area (Å²) in [6.07, 6.45) is 6.55. The molecule has 1 aliphatic carbocycles. The average Bonchev–Trinajstić information content (AvgIpc) is 3.38. The molecule has 2 N–H and O–H groups in total. The number of likely N-dealkylation sites (tertiary alicyclic amines) is 1. The number of rotatable bonds is 4. The molecule has 2 aromatic carbocycles. The van der Waals surface area contributed by atoms with Gasteiger partial charge in [-0.3, -0.25) is 4.90 Å². The first-order chi connectivity index (χ1) is 13.8. The third kappa shape index (κ3) is 3.30. The van der Waals surface area contributed by atoms with Gasteiger partial charge in [0, 0.05) is 12.6 Å². The fraction of sp³-hybridized carbons (Fsp3) is 0.364. The molecule has 5 rings (SSSR count). The maximum absolute atomic E-state index is 6.55. The molecule has 0 radical (unpaired) electrons. The number of piperidine rings is 1. The van der Waals surface area contributed by atoms with Crippen molar-refractivity contribution in [1.82, 2.24) is 19.7 Å². The Labute approximate surface area is 164 Å². The Morgan fingerprint density at radius 3 is 2.71 bits per heavy atom. The van der Waals surface area contributed by atoms with Crippen LogP contribution in [0.2, 0.25) is 0 Å². The van der Waals surface area contributed by atoms with Crippen molar-refractivity contribution in [3.8, 4) is 11.4 Å². The summed E-state index contributed by atoms with van der Waals surface area (Å²) >= 11 is 0. The van der Waals surface area contributed by atoms with E-state index in [2.05, 4.69) is 39.2 Å². The van der Waals surface area contributed by atoms with Gasteiger partial charge in [0.25, 0.3) is 0 Å². The van der Waals surface area contributed by atoms with Crippen molar-refractivity contribution < 1.29 is 4.74 Å². The summed E-state index contributed by atoms with van der Waals surface area (Å²) in [5.41, 5.74) is 9.91. The summed E-state index contributed by atoms with van der Waals surface area (Å²) < 4.78 is 8.29. The smallest absolute Gasteiger partial charge is 0.140 e. The molecule has 0 bridgehead atoms. The van der Waals surface area contributed by atoms with Crippen LogP contribution in [0.5, 0.6) is 5.75 Å². The Morgan fingerprint density at radius 2 is 1.93 bits per heavy atom. The van der Waals surface area contributed by atoms with Crippen molar-refractivity contribution >= 4 is 0 Å². The zero-order valence-electron chi connectivity index (χ0n) is 15.8. The SMILES string of the molecule is N[C@H]1CCCN(C2Cc3ccccc3C2Oc2ccc(-n3cncn3)cc2)C1. The van der Waals surface area contributed by atoms with Crippen LogP contribution in [0, 0.1) is 0 Å². The number of nitrogens with two attached hydrogens (primary N) is 1. The normalized spacial score (nSPS) is 24.8. The molecule has 0 spiro atoms. The van der Waals surface area contributed by atoms with Crippen molar-refractivity contribution in [3.63, 3.8) is 0 Å². The van der Waals surface area contributed by atoms with Crippen LogP contribution in [0.25, 0.3) is 5.69 Å². The van der Waals surface area contributed by atoms with E-state index >= 15 is 0 Å². The van der Waals surface area contributed by atoms with Crippen LogP contribution in [0.15, 0.2) is 61.2 Å². The number of nitrogens with zero attached hydrogens (tertiary/aromatic N) is 4. The van der Waals surface area contributed by atoms with Crippen molar-refractivity contribution in [1.29, 1.82) is 0 Å². The van der Waals surface area contributed by atoms with E-state index in [0.717, 1.165) is 43.8 Å². The third-order valence-electron chi connectivity index (χ3n) is 5.88. The molecule has 2 heterocycles. The van der Waals surface area contributed by atoms with Crippen LogP contribution in [0.4, 0.5) is 0 Å². The summed E-state index contributed by atoms with van der Waals surface area (Å²) in [5.74, 6) is 0.872. The van der Waals surface area contributed by atoms with Crippen molar-refractivity contribution in [3.05, 3.63) is 72.3 Å². The number of ether oxygens (including phenoxy) is 1. The van der Waals surface area contributed by atoms with Crippen molar-refractivity contribution in [2.75, 3.05) is 13.1 Å². The van der Waals surface area contributed by atoms with Gasteiger partial charge in [-0.15, -0.1) is 0 Å². The van der Waals surface area contributed by atoms with Gasteiger partial charge in [0.05, 0.1) is 11.7 Å². The predicted molar refractivity (Wildman–Crippen MR) is 107 cm³/mol. The van der Waals surface area contributed by atoms with E-state index in [1.54, 1.807) is 11.0 Å². The van der Waals surface area contributed by atoms with E-state index < -0.39 is 0 Å². The maximum Gasteiger partial charge on any atom is 0.140 e. The summed E-state index contributed by atoms with van der Waals surface area (Å²) in [6.45, 7) is 2.04. The van der Waals surface area contributed by atoms with Gasteiger partial charge in [-0.1, -0.05) is 24.3 Å². The first-order valence-corrected chi connectivity index (χ1v) is 9.97. The van der Waals surface area contributed by atoms with Gasteiger partial charge in [0.15, 0.2) is 0 Å². The van der Waals surface area contributed by atoms with Gasteiger partial charge in [0.2, 0.25) is 0 Å². The van der Waals surface area contributed by atoms with E-state index in [9.17, 15) is 0 Å². The van der Waals surface area contributed by atoms with Crippen molar-refractivity contribution in [2.24, 2.45) is 5.73 Å². The molecule has 6 heteroatoms. The Bertz CT molecular complexity index is 924. The Kier molecular flexibility index (Phi) is 4.58. The number of fused-ring (bicyclic) bond motifs is 1. The second-order valence-corrected chi connectivity index (χ2v) is 7.74. The number of hydrogen-bond donors (Lipinski definition) is 1. The van der Waals surface area contributed by atoms with Gasteiger partial charge in [-0.2, -0.15) is 5.10 Å². The summed E-state index contributed by atoms with van der Waals surface area (Å²) in [7, 11) is 0. The Balaban J connectivity index is 1.40. The first kappa shape index (κ1) is 17.4. The molecule has 0 saturated carbocycles. The molecule has 1 saturated heterocycles. The maximum atomic E-state index is 6.55. The number of benzene rings is 2. The van der Waals surface area contributed by atoms with E-state index in [1.165, 1.54) is 17.5 Å². The highest BCUT2D eigenvalue weighted by Gasteiger charge is 2.39. The summed E-state index contributed by atoms with van der Waals surface area (Å²) in [5, 5.41) is 4.18. The van der Waals surface area contributed by atoms with Crippen LogP contribution in [-0.2, 0) is 6.42 Å². The first-order valence-electron chi connectivity index (χ1n) is 9.97.